The SMILES string of the molecule is CC1(C(O)c2cccc(Br)c2F)CCCS1. The second-order valence-corrected chi connectivity index (χ2v) is 6.79. The van der Waals surface area contributed by atoms with Crippen LogP contribution in [-0.2, 0) is 0 Å². The second-order valence-electron chi connectivity index (χ2n) is 4.31. The van der Waals surface area contributed by atoms with Crippen molar-refractivity contribution in [3.05, 3.63) is 34.1 Å². The van der Waals surface area contributed by atoms with E-state index in [1.807, 2.05) is 6.92 Å². The van der Waals surface area contributed by atoms with E-state index < -0.39 is 6.10 Å². The summed E-state index contributed by atoms with van der Waals surface area (Å²) in [6, 6.07) is 5.07. The first kappa shape index (κ1) is 12.4. The van der Waals surface area contributed by atoms with Gasteiger partial charge in [0.25, 0.3) is 0 Å². The summed E-state index contributed by atoms with van der Waals surface area (Å²) in [7, 11) is 0. The first-order valence-electron chi connectivity index (χ1n) is 5.30. The number of rotatable bonds is 2. The summed E-state index contributed by atoms with van der Waals surface area (Å²) in [6.07, 6.45) is 1.29. The fourth-order valence-electron chi connectivity index (χ4n) is 2.08. The largest absolute Gasteiger partial charge is 0.387 e. The maximum absolute atomic E-state index is 13.9. The zero-order valence-electron chi connectivity index (χ0n) is 9.04. The molecule has 0 spiro atoms. The normalized spacial score (nSPS) is 27.0. The summed E-state index contributed by atoms with van der Waals surface area (Å²) in [5, 5.41) is 10.3. The maximum atomic E-state index is 13.9. The lowest BCUT2D eigenvalue weighted by Crippen LogP contribution is -2.27. The molecule has 1 aromatic rings. The Morgan fingerprint density at radius 3 is 2.94 bits per heavy atom. The molecule has 1 fully saturated rings. The number of thioether (sulfide) groups is 1. The maximum Gasteiger partial charge on any atom is 0.143 e. The van der Waals surface area contributed by atoms with Gasteiger partial charge in [0, 0.05) is 10.3 Å². The van der Waals surface area contributed by atoms with Gasteiger partial charge >= 0.3 is 0 Å². The molecule has 2 atom stereocenters. The molecule has 0 amide bonds. The minimum Gasteiger partial charge on any atom is -0.387 e. The van der Waals surface area contributed by atoms with Crippen LogP contribution in [0, 0.1) is 5.82 Å². The summed E-state index contributed by atoms with van der Waals surface area (Å²) in [5.74, 6) is 0.701. The summed E-state index contributed by atoms with van der Waals surface area (Å²) >= 11 is 4.88. The Morgan fingerprint density at radius 2 is 2.31 bits per heavy atom. The molecule has 16 heavy (non-hydrogen) atoms. The number of hydrogen-bond acceptors (Lipinski definition) is 2. The Bertz CT molecular complexity index is 391. The highest BCUT2D eigenvalue weighted by molar-refractivity contribution is 9.10. The van der Waals surface area contributed by atoms with Gasteiger partial charge < -0.3 is 5.11 Å². The van der Waals surface area contributed by atoms with Crippen LogP contribution in [0.1, 0.15) is 31.4 Å². The van der Waals surface area contributed by atoms with Crippen LogP contribution in [0.25, 0.3) is 0 Å². The van der Waals surface area contributed by atoms with Crippen molar-refractivity contribution in [2.45, 2.75) is 30.6 Å². The Balaban J connectivity index is 2.33. The molecule has 0 bridgehead atoms. The fraction of sp³-hybridized carbons (Fsp3) is 0.500. The van der Waals surface area contributed by atoms with E-state index in [-0.39, 0.29) is 10.6 Å². The van der Waals surface area contributed by atoms with Gasteiger partial charge in [-0.15, -0.1) is 0 Å². The Morgan fingerprint density at radius 1 is 1.56 bits per heavy atom. The first-order valence-corrected chi connectivity index (χ1v) is 7.08. The molecule has 2 unspecified atom stereocenters. The predicted octanol–water partition coefficient (Wildman–Crippen LogP) is 3.91. The molecule has 1 saturated heterocycles. The topological polar surface area (TPSA) is 20.2 Å². The molecule has 1 aromatic carbocycles. The molecule has 1 N–H and O–H groups in total. The van der Waals surface area contributed by atoms with Crippen LogP contribution in [0.15, 0.2) is 22.7 Å². The van der Waals surface area contributed by atoms with Crippen molar-refractivity contribution < 1.29 is 9.50 Å². The van der Waals surface area contributed by atoms with Crippen molar-refractivity contribution in [1.29, 1.82) is 0 Å². The van der Waals surface area contributed by atoms with Gasteiger partial charge in [0.15, 0.2) is 0 Å². The Labute approximate surface area is 108 Å². The lowest BCUT2D eigenvalue weighted by Gasteiger charge is -2.29. The number of aliphatic hydroxyl groups excluding tert-OH is 1. The van der Waals surface area contributed by atoms with E-state index in [1.165, 1.54) is 0 Å². The standard InChI is InChI=1S/C12H14BrFOS/c1-12(6-3-7-16-12)11(15)8-4-2-5-9(13)10(8)14/h2,4-5,11,15H,3,6-7H2,1H3. The molecule has 0 saturated carbocycles. The minimum atomic E-state index is -0.738. The average molecular weight is 305 g/mol. The zero-order chi connectivity index (χ0) is 11.8. The molecule has 1 heterocycles. The summed E-state index contributed by atoms with van der Waals surface area (Å²) in [4.78, 5) is 0. The number of halogens is 2. The highest BCUT2D eigenvalue weighted by atomic mass is 79.9. The van der Waals surface area contributed by atoms with Crippen LogP contribution in [0.4, 0.5) is 4.39 Å². The minimum absolute atomic E-state index is 0.248. The molecule has 1 aliphatic rings. The van der Waals surface area contributed by atoms with E-state index in [1.54, 1.807) is 30.0 Å². The average Bonchev–Trinajstić information content (AvgIpc) is 2.70. The van der Waals surface area contributed by atoms with E-state index in [9.17, 15) is 9.50 Å². The van der Waals surface area contributed by atoms with Gasteiger partial charge in [-0.2, -0.15) is 11.8 Å². The highest BCUT2D eigenvalue weighted by Crippen LogP contribution is 2.47. The Hall–Kier alpha value is -0.0600. The molecule has 1 nitrogen and oxygen atoms in total. The van der Waals surface area contributed by atoms with Crippen LogP contribution in [-0.4, -0.2) is 15.6 Å². The van der Waals surface area contributed by atoms with Crippen LogP contribution >= 0.6 is 27.7 Å². The highest BCUT2D eigenvalue weighted by Gasteiger charge is 2.39. The van der Waals surface area contributed by atoms with Gasteiger partial charge in [-0.1, -0.05) is 12.1 Å². The van der Waals surface area contributed by atoms with Gasteiger partial charge in [0.1, 0.15) is 5.82 Å². The summed E-state index contributed by atoms with van der Waals surface area (Å²) in [6.45, 7) is 2.01. The number of aliphatic hydroxyl groups is 1. The molecule has 4 heteroatoms. The van der Waals surface area contributed by atoms with Crippen molar-refractivity contribution in [2.24, 2.45) is 0 Å². The van der Waals surface area contributed by atoms with Crippen LogP contribution in [0.2, 0.25) is 0 Å². The summed E-state index contributed by atoms with van der Waals surface area (Å²) in [5.41, 5.74) is 0.395. The monoisotopic (exact) mass is 304 g/mol. The first-order chi connectivity index (χ1) is 7.54. The van der Waals surface area contributed by atoms with Crippen molar-refractivity contribution in [2.75, 3.05) is 5.75 Å². The van der Waals surface area contributed by atoms with E-state index >= 15 is 0 Å². The third-order valence-electron chi connectivity index (χ3n) is 3.10. The quantitative estimate of drug-likeness (QED) is 0.894. The summed E-state index contributed by atoms with van der Waals surface area (Å²) < 4.78 is 14.0. The third kappa shape index (κ3) is 2.15. The molecule has 88 valence electrons. The lowest BCUT2D eigenvalue weighted by atomic mass is 9.92. The van der Waals surface area contributed by atoms with Crippen molar-refractivity contribution in [3.63, 3.8) is 0 Å². The van der Waals surface area contributed by atoms with Crippen molar-refractivity contribution in [3.8, 4) is 0 Å². The van der Waals surface area contributed by atoms with Gasteiger partial charge in [0.2, 0.25) is 0 Å². The van der Waals surface area contributed by atoms with E-state index in [0.717, 1.165) is 18.6 Å². The number of benzene rings is 1. The fourth-order valence-corrected chi connectivity index (χ4v) is 3.79. The van der Waals surface area contributed by atoms with Crippen LogP contribution in [0.5, 0.6) is 0 Å². The molecular weight excluding hydrogens is 291 g/mol. The van der Waals surface area contributed by atoms with E-state index in [2.05, 4.69) is 15.9 Å². The zero-order valence-corrected chi connectivity index (χ0v) is 11.4. The molecule has 2 rings (SSSR count). The second kappa shape index (κ2) is 4.67. The molecular formula is C12H14BrFOS. The van der Waals surface area contributed by atoms with Gasteiger partial charge in [-0.3, -0.25) is 0 Å². The van der Waals surface area contributed by atoms with Gasteiger partial charge in [-0.25, -0.2) is 4.39 Å². The van der Waals surface area contributed by atoms with Crippen LogP contribution in [0.3, 0.4) is 0 Å². The molecule has 1 aliphatic heterocycles. The van der Waals surface area contributed by atoms with Gasteiger partial charge in [-0.05, 0) is 47.5 Å². The van der Waals surface area contributed by atoms with E-state index in [0.29, 0.717) is 10.0 Å². The van der Waals surface area contributed by atoms with Crippen molar-refractivity contribution in [1.82, 2.24) is 0 Å². The lowest BCUT2D eigenvalue weighted by molar-refractivity contribution is 0.131. The van der Waals surface area contributed by atoms with Crippen LogP contribution < -0.4 is 0 Å². The van der Waals surface area contributed by atoms with Crippen molar-refractivity contribution >= 4 is 27.7 Å². The Kier molecular flexibility index (Phi) is 3.62. The number of hydrogen-bond donors (Lipinski definition) is 1. The smallest absolute Gasteiger partial charge is 0.143 e. The molecule has 0 radical (unpaired) electrons. The predicted molar refractivity (Wildman–Crippen MR) is 69.2 cm³/mol. The van der Waals surface area contributed by atoms with Gasteiger partial charge in [0.05, 0.1) is 10.6 Å². The molecule has 0 aliphatic carbocycles. The third-order valence-corrected chi connectivity index (χ3v) is 5.30. The molecule has 0 aromatic heterocycles. The van der Waals surface area contributed by atoms with E-state index in [4.69, 9.17) is 0 Å².